The van der Waals surface area contributed by atoms with Crippen LogP contribution in [-0.2, 0) is 10.2 Å². The maximum atomic E-state index is 11.3. The predicted octanol–water partition coefficient (Wildman–Crippen LogP) is 3.12. The molecule has 0 fully saturated rings. The molecule has 1 N–H and O–H groups in total. The number of carboxylic acids is 1. The molecule has 0 aliphatic heterocycles. The van der Waals surface area contributed by atoms with Crippen LogP contribution in [0.2, 0.25) is 0 Å². The van der Waals surface area contributed by atoms with Gasteiger partial charge in [-0.25, -0.2) is 4.98 Å². The molecule has 0 unspecified atom stereocenters. The zero-order chi connectivity index (χ0) is 15.0. The van der Waals surface area contributed by atoms with E-state index in [9.17, 15) is 9.90 Å². The van der Waals surface area contributed by atoms with E-state index in [1.165, 1.54) is 11.3 Å². The normalized spacial score (nSPS) is 11.7. The maximum absolute atomic E-state index is 11.3. The second kappa shape index (κ2) is 4.89. The van der Waals surface area contributed by atoms with Crippen molar-refractivity contribution in [1.29, 1.82) is 0 Å². The molecule has 2 heterocycles. The number of benzene rings is 1. The van der Waals surface area contributed by atoms with Crippen molar-refractivity contribution in [2.45, 2.75) is 19.3 Å². The lowest BCUT2D eigenvalue weighted by Gasteiger charge is -2.15. The fourth-order valence-corrected chi connectivity index (χ4v) is 2.88. The second-order valence-electron chi connectivity index (χ2n) is 5.23. The van der Waals surface area contributed by atoms with Gasteiger partial charge in [0.15, 0.2) is 0 Å². The number of carbonyl (C=O) groups is 1. The smallest absolute Gasteiger partial charge is 0.315 e. The van der Waals surface area contributed by atoms with E-state index in [4.69, 9.17) is 0 Å². The molecule has 0 aliphatic carbocycles. The molecule has 0 aliphatic rings. The molecule has 5 nitrogen and oxygen atoms in total. The van der Waals surface area contributed by atoms with Gasteiger partial charge in [-0.05, 0) is 32.0 Å². The standard InChI is InChI=1S/C15H13N3O2S/c1-15(2,14(19)20)12-8-21-13(18-12)9-3-4-10-11(7-9)17-6-5-16-10/h3-8H,1-2H3,(H,19,20). The van der Waals surface area contributed by atoms with Crippen LogP contribution in [0.15, 0.2) is 36.0 Å². The highest BCUT2D eigenvalue weighted by Gasteiger charge is 2.32. The first-order valence-electron chi connectivity index (χ1n) is 6.39. The van der Waals surface area contributed by atoms with Crippen LogP contribution in [0.4, 0.5) is 0 Å². The average molecular weight is 299 g/mol. The van der Waals surface area contributed by atoms with Crippen molar-refractivity contribution in [3.8, 4) is 10.6 Å². The van der Waals surface area contributed by atoms with Crippen LogP contribution in [0.1, 0.15) is 19.5 Å². The molecule has 3 rings (SSSR count). The van der Waals surface area contributed by atoms with Crippen molar-refractivity contribution < 1.29 is 9.90 Å². The summed E-state index contributed by atoms with van der Waals surface area (Å²) in [5.41, 5.74) is 2.11. The largest absolute Gasteiger partial charge is 0.481 e. The van der Waals surface area contributed by atoms with Crippen molar-refractivity contribution in [1.82, 2.24) is 15.0 Å². The minimum atomic E-state index is -0.995. The molecule has 0 radical (unpaired) electrons. The Morgan fingerprint density at radius 3 is 2.62 bits per heavy atom. The van der Waals surface area contributed by atoms with E-state index in [0.717, 1.165) is 21.6 Å². The summed E-state index contributed by atoms with van der Waals surface area (Å²) >= 11 is 1.43. The summed E-state index contributed by atoms with van der Waals surface area (Å²) < 4.78 is 0. The number of carboxylic acid groups (broad SMARTS) is 1. The number of hydrogen-bond acceptors (Lipinski definition) is 5. The Hall–Kier alpha value is -2.34. The highest BCUT2D eigenvalue weighted by molar-refractivity contribution is 7.13. The first-order chi connectivity index (χ1) is 9.98. The molecule has 0 spiro atoms. The highest BCUT2D eigenvalue weighted by Crippen LogP contribution is 2.31. The lowest BCUT2D eigenvalue weighted by Crippen LogP contribution is -2.28. The molecule has 0 saturated carbocycles. The Labute approximate surface area is 125 Å². The first kappa shape index (κ1) is 13.6. The third kappa shape index (κ3) is 2.38. The zero-order valence-electron chi connectivity index (χ0n) is 11.6. The van der Waals surface area contributed by atoms with Crippen LogP contribution in [0.25, 0.3) is 21.6 Å². The van der Waals surface area contributed by atoms with Crippen molar-refractivity contribution in [2.75, 3.05) is 0 Å². The summed E-state index contributed by atoms with van der Waals surface area (Å²) in [5.74, 6) is -0.885. The lowest BCUT2D eigenvalue weighted by molar-refractivity contribution is -0.142. The van der Waals surface area contributed by atoms with Gasteiger partial charge in [0.1, 0.15) is 10.4 Å². The van der Waals surface area contributed by atoms with Gasteiger partial charge in [-0.15, -0.1) is 11.3 Å². The molecule has 0 bridgehead atoms. The minimum Gasteiger partial charge on any atom is -0.481 e. The van der Waals surface area contributed by atoms with Gasteiger partial charge < -0.3 is 5.11 Å². The number of aromatic nitrogens is 3. The Kier molecular flexibility index (Phi) is 3.17. The molecule has 6 heteroatoms. The van der Waals surface area contributed by atoms with Gasteiger partial charge in [0, 0.05) is 23.3 Å². The van der Waals surface area contributed by atoms with Crippen LogP contribution >= 0.6 is 11.3 Å². The number of aliphatic carboxylic acids is 1. The number of nitrogens with zero attached hydrogens (tertiary/aromatic N) is 3. The minimum absolute atomic E-state index is 0.564. The number of rotatable bonds is 3. The van der Waals surface area contributed by atoms with E-state index < -0.39 is 11.4 Å². The number of thiazole rings is 1. The third-order valence-electron chi connectivity index (χ3n) is 3.40. The monoisotopic (exact) mass is 299 g/mol. The van der Waals surface area contributed by atoms with Gasteiger partial charge in [-0.1, -0.05) is 0 Å². The molecule has 106 valence electrons. The Balaban J connectivity index is 2.04. The van der Waals surface area contributed by atoms with Crippen molar-refractivity contribution in [2.24, 2.45) is 0 Å². The molecule has 0 saturated heterocycles. The van der Waals surface area contributed by atoms with Crippen LogP contribution in [0, 0.1) is 0 Å². The van der Waals surface area contributed by atoms with Gasteiger partial charge in [-0.3, -0.25) is 14.8 Å². The van der Waals surface area contributed by atoms with Gasteiger partial charge in [0.2, 0.25) is 0 Å². The summed E-state index contributed by atoms with van der Waals surface area (Å²) in [6.45, 7) is 3.31. The summed E-state index contributed by atoms with van der Waals surface area (Å²) in [6, 6.07) is 5.73. The quantitative estimate of drug-likeness (QED) is 0.804. The molecule has 2 aromatic heterocycles. The Morgan fingerprint density at radius 2 is 1.90 bits per heavy atom. The van der Waals surface area contributed by atoms with Gasteiger partial charge in [0.05, 0.1) is 16.7 Å². The van der Waals surface area contributed by atoms with Crippen LogP contribution in [0.5, 0.6) is 0 Å². The lowest BCUT2D eigenvalue weighted by atomic mass is 9.90. The van der Waals surface area contributed by atoms with Crippen molar-refractivity contribution in [3.05, 3.63) is 41.7 Å². The third-order valence-corrected chi connectivity index (χ3v) is 4.29. The molecular formula is C15H13N3O2S. The van der Waals surface area contributed by atoms with E-state index in [1.54, 1.807) is 31.6 Å². The molecule has 1 aromatic carbocycles. The molecule has 0 amide bonds. The van der Waals surface area contributed by atoms with Crippen molar-refractivity contribution >= 4 is 28.3 Å². The Bertz CT molecular complexity index is 826. The van der Waals surface area contributed by atoms with Gasteiger partial charge in [-0.2, -0.15) is 0 Å². The van der Waals surface area contributed by atoms with E-state index in [2.05, 4.69) is 15.0 Å². The number of hydrogen-bond donors (Lipinski definition) is 1. The maximum Gasteiger partial charge on any atom is 0.315 e. The van der Waals surface area contributed by atoms with E-state index >= 15 is 0 Å². The zero-order valence-corrected chi connectivity index (χ0v) is 12.4. The summed E-state index contributed by atoms with van der Waals surface area (Å²) in [5, 5.41) is 11.8. The fourth-order valence-electron chi connectivity index (χ4n) is 1.90. The highest BCUT2D eigenvalue weighted by atomic mass is 32.1. The summed E-state index contributed by atoms with van der Waals surface area (Å²) in [4.78, 5) is 24.3. The second-order valence-corrected chi connectivity index (χ2v) is 6.09. The molecule has 0 atom stereocenters. The van der Waals surface area contributed by atoms with Crippen LogP contribution < -0.4 is 0 Å². The Morgan fingerprint density at radius 1 is 1.19 bits per heavy atom. The SMILES string of the molecule is CC(C)(C(=O)O)c1csc(-c2ccc3nccnc3c2)n1. The van der Waals surface area contributed by atoms with Gasteiger partial charge >= 0.3 is 5.97 Å². The van der Waals surface area contributed by atoms with E-state index in [-0.39, 0.29) is 0 Å². The van der Waals surface area contributed by atoms with E-state index in [1.807, 2.05) is 18.2 Å². The molecule has 3 aromatic rings. The predicted molar refractivity (Wildman–Crippen MR) is 81.3 cm³/mol. The van der Waals surface area contributed by atoms with Gasteiger partial charge in [0.25, 0.3) is 0 Å². The number of fused-ring (bicyclic) bond motifs is 1. The van der Waals surface area contributed by atoms with Crippen LogP contribution in [-0.4, -0.2) is 26.0 Å². The van der Waals surface area contributed by atoms with Crippen molar-refractivity contribution in [3.63, 3.8) is 0 Å². The molecule has 21 heavy (non-hydrogen) atoms. The fraction of sp³-hybridized carbons (Fsp3) is 0.200. The summed E-state index contributed by atoms with van der Waals surface area (Å²) in [6.07, 6.45) is 3.30. The summed E-state index contributed by atoms with van der Waals surface area (Å²) in [7, 11) is 0. The molecular weight excluding hydrogens is 286 g/mol. The first-order valence-corrected chi connectivity index (χ1v) is 7.27. The van der Waals surface area contributed by atoms with E-state index in [0.29, 0.717) is 5.69 Å². The topological polar surface area (TPSA) is 76.0 Å². The van der Waals surface area contributed by atoms with Crippen LogP contribution in [0.3, 0.4) is 0 Å². The average Bonchev–Trinajstić information content (AvgIpc) is 2.97.